The van der Waals surface area contributed by atoms with Crippen LogP contribution >= 0.6 is 0 Å². The predicted molar refractivity (Wildman–Crippen MR) is 87.2 cm³/mol. The van der Waals surface area contributed by atoms with E-state index in [1.165, 1.54) is 5.56 Å². The Morgan fingerprint density at radius 2 is 1.95 bits per heavy atom. The van der Waals surface area contributed by atoms with E-state index in [2.05, 4.69) is 23.6 Å². The van der Waals surface area contributed by atoms with E-state index in [1.54, 1.807) is 0 Å². The van der Waals surface area contributed by atoms with Crippen LogP contribution in [0.1, 0.15) is 23.6 Å². The van der Waals surface area contributed by atoms with Crippen LogP contribution in [0.25, 0.3) is 5.57 Å². The normalized spacial score (nSPS) is 15.0. The number of amides is 1. The molecule has 1 aliphatic rings. The number of para-hydroxylation sites is 1. The van der Waals surface area contributed by atoms with Crippen LogP contribution in [0.15, 0.2) is 48.7 Å². The Bertz CT molecular complexity index is 732. The van der Waals surface area contributed by atoms with E-state index in [1.807, 2.05) is 49.5 Å². The summed E-state index contributed by atoms with van der Waals surface area (Å²) in [6.45, 7) is 4.14. The molecule has 1 heterocycles. The number of rotatable bonds is 3. The second-order valence-corrected chi connectivity index (χ2v) is 5.16. The van der Waals surface area contributed by atoms with Crippen molar-refractivity contribution in [2.75, 3.05) is 10.6 Å². The average Bonchev–Trinajstić information content (AvgIpc) is 2.82. The molecule has 0 saturated heterocycles. The van der Waals surface area contributed by atoms with Gasteiger partial charge >= 0.3 is 0 Å². The fourth-order valence-electron chi connectivity index (χ4n) is 2.69. The van der Waals surface area contributed by atoms with Gasteiger partial charge in [-0.15, -0.1) is 0 Å². The quantitative estimate of drug-likeness (QED) is 0.834. The average molecular weight is 278 g/mol. The molecule has 21 heavy (non-hydrogen) atoms. The molecule has 0 radical (unpaired) electrons. The number of fused-ring (bicyclic) bond motifs is 1. The predicted octanol–water partition coefficient (Wildman–Crippen LogP) is 3.96. The van der Waals surface area contributed by atoms with E-state index in [0.717, 1.165) is 28.9 Å². The summed E-state index contributed by atoms with van der Waals surface area (Å²) in [5, 5.41) is 6.19. The van der Waals surface area contributed by atoms with Gasteiger partial charge in [0.05, 0.1) is 5.57 Å². The Morgan fingerprint density at radius 1 is 1.14 bits per heavy atom. The number of hydrogen-bond acceptors (Lipinski definition) is 2. The minimum absolute atomic E-state index is 0.0548. The number of anilines is 2. The van der Waals surface area contributed by atoms with Crippen molar-refractivity contribution in [3.05, 3.63) is 65.4 Å². The first-order valence-electron chi connectivity index (χ1n) is 7.16. The Morgan fingerprint density at radius 3 is 2.76 bits per heavy atom. The van der Waals surface area contributed by atoms with Crippen molar-refractivity contribution in [3.8, 4) is 0 Å². The highest BCUT2D eigenvalue weighted by Crippen LogP contribution is 2.34. The van der Waals surface area contributed by atoms with Crippen molar-refractivity contribution in [3.63, 3.8) is 0 Å². The number of benzene rings is 2. The van der Waals surface area contributed by atoms with Crippen molar-refractivity contribution in [1.82, 2.24) is 0 Å². The zero-order valence-electron chi connectivity index (χ0n) is 12.2. The summed E-state index contributed by atoms with van der Waals surface area (Å²) >= 11 is 0. The molecule has 0 unspecified atom stereocenters. The summed E-state index contributed by atoms with van der Waals surface area (Å²) in [6.07, 6.45) is 2.76. The molecule has 1 amide bonds. The number of carbonyl (C=O) groups excluding carboxylic acids is 1. The first-order chi connectivity index (χ1) is 10.2. The van der Waals surface area contributed by atoms with Gasteiger partial charge in [-0.1, -0.05) is 37.3 Å². The first kappa shape index (κ1) is 13.4. The lowest BCUT2D eigenvalue weighted by molar-refractivity contribution is -0.110. The Balaban J connectivity index is 1.96. The minimum atomic E-state index is -0.0548. The molecular weight excluding hydrogens is 260 g/mol. The molecule has 106 valence electrons. The van der Waals surface area contributed by atoms with Gasteiger partial charge in [-0.3, -0.25) is 4.79 Å². The van der Waals surface area contributed by atoms with E-state index in [4.69, 9.17) is 0 Å². The second-order valence-electron chi connectivity index (χ2n) is 5.16. The summed E-state index contributed by atoms with van der Waals surface area (Å²) in [5.74, 6) is -0.0548. The van der Waals surface area contributed by atoms with Crippen LogP contribution in [0.2, 0.25) is 0 Å². The lowest BCUT2D eigenvalue weighted by Crippen LogP contribution is -2.05. The van der Waals surface area contributed by atoms with Crippen LogP contribution in [0, 0.1) is 6.92 Å². The van der Waals surface area contributed by atoms with Gasteiger partial charge in [-0.2, -0.15) is 0 Å². The fraction of sp³-hybridized carbons (Fsp3) is 0.167. The molecule has 2 aromatic carbocycles. The first-order valence-corrected chi connectivity index (χ1v) is 7.16. The van der Waals surface area contributed by atoms with Crippen LogP contribution in [-0.2, 0) is 11.2 Å². The lowest BCUT2D eigenvalue weighted by atomic mass is 10.0. The van der Waals surface area contributed by atoms with E-state index in [0.29, 0.717) is 5.57 Å². The molecule has 3 nitrogen and oxygen atoms in total. The van der Waals surface area contributed by atoms with E-state index in [-0.39, 0.29) is 5.91 Å². The van der Waals surface area contributed by atoms with Crippen molar-refractivity contribution >= 4 is 22.9 Å². The molecule has 0 fully saturated rings. The van der Waals surface area contributed by atoms with Crippen molar-refractivity contribution in [1.29, 1.82) is 0 Å². The van der Waals surface area contributed by atoms with Gasteiger partial charge < -0.3 is 10.6 Å². The fourth-order valence-corrected chi connectivity index (χ4v) is 2.69. The van der Waals surface area contributed by atoms with Crippen LogP contribution in [-0.4, -0.2) is 5.91 Å². The highest BCUT2D eigenvalue weighted by Gasteiger charge is 2.25. The molecular formula is C18H18N2O. The van der Waals surface area contributed by atoms with E-state index >= 15 is 0 Å². The maximum Gasteiger partial charge on any atom is 0.257 e. The van der Waals surface area contributed by atoms with Crippen molar-refractivity contribution in [2.45, 2.75) is 20.3 Å². The Kier molecular flexibility index (Phi) is 3.48. The van der Waals surface area contributed by atoms with Gasteiger partial charge in [0.25, 0.3) is 5.91 Å². The highest BCUT2D eigenvalue weighted by molar-refractivity contribution is 6.32. The number of hydrogen-bond donors (Lipinski definition) is 2. The summed E-state index contributed by atoms with van der Waals surface area (Å²) < 4.78 is 0. The molecule has 3 rings (SSSR count). The molecule has 0 aromatic heterocycles. The van der Waals surface area contributed by atoms with Gasteiger partial charge in [0.15, 0.2) is 0 Å². The van der Waals surface area contributed by atoms with Gasteiger partial charge in [0.1, 0.15) is 0 Å². The van der Waals surface area contributed by atoms with Crippen LogP contribution in [0.5, 0.6) is 0 Å². The monoisotopic (exact) mass is 278 g/mol. The van der Waals surface area contributed by atoms with Gasteiger partial charge in [-0.05, 0) is 36.6 Å². The third-order valence-corrected chi connectivity index (χ3v) is 3.81. The summed E-state index contributed by atoms with van der Waals surface area (Å²) in [6, 6.07) is 14.0. The molecule has 0 atom stereocenters. The minimum Gasteiger partial charge on any atom is -0.361 e. The zero-order chi connectivity index (χ0) is 14.8. The largest absolute Gasteiger partial charge is 0.361 e. The van der Waals surface area contributed by atoms with Gasteiger partial charge in [0.2, 0.25) is 0 Å². The standard InChI is InChI=1S/C18H18N2O/c1-3-13-8-4-5-9-15(13)19-11-14-17-12(2)7-6-10-16(17)20-18(14)21/h4-11,19H,3H2,1-2H3,(H,20,21)/b14-11+. The number of carbonyl (C=O) groups is 1. The summed E-state index contributed by atoms with van der Waals surface area (Å²) in [5.41, 5.74) is 5.94. The molecule has 2 N–H and O–H groups in total. The third kappa shape index (κ3) is 2.42. The molecule has 0 bridgehead atoms. The van der Waals surface area contributed by atoms with Gasteiger partial charge in [-0.25, -0.2) is 0 Å². The topological polar surface area (TPSA) is 41.1 Å². The Labute approximate surface area is 124 Å². The van der Waals surface area contributed by atoms with E-state index in [9.17, 15) is 4.79 Å². The number of aryl methyl sites for hydroxylation is 2. The van der Waals surface area contributed by atoms with Crippen LogP contribution in [0.4, 0.5) is 11.4 Å². The molecule has 0 spiro atoms. The third-order valence-electron chi connectivity index (χ3n) is 3.81. The van der Waals surface area contributed by atoms with Crippen molar-refractivity contribution < 1.29 is 4.79 Å². The molecule has 0 aliphatic carbocycles. The number of nitrogens with one attached hydrogen (secondary N) is 2. The second kappa shape index (κ2) is 5.44. The van der Waals surface area contributed by atoms with Gasteiger partial charge in [0, 0.05) is 23.1 Å². The summed E-state index contributed by atoms with van der Waals surface area (Å²) in [7, 11) is 0. The summed E-state index contributed by atoms with van der Waals surface area (Å²) in [4.78, 5) is 12.1. The maximum absolute atomic E-state index is 12.1. The zero-order valence-corrected chi connectivity index (χ0v) is 12.2. The molecule has 1 aliphatic heterocycles. The van der Waals surface area contributed by atoms with E-state index < -0.39 is 0 Å². The SMILES string of the molecule is CCc1ccccc1N/C=C1/C(=O)Nc2cccc(C)c21. The van der Waals surface area contributed by atoms with Crippen molar-refractivity contribution in [2.24, 2.45) is 0 Å². The molecule has 2 aromatic rings. The Hall–Kier alpha value is -2.55. The molecule has 0 saturated carbocycles. The van der Waals surface area contributed by atoms with Crippen LogP contribution < -0.4 is 10.6 Å². The maximum atomic E-state index is 12.1. The van der Waals surface area contributed by atoms with Crippen LogP contribution in [0.3, 0.4) is 0 Å². The smallest absolute Gasteiger partial charge is 0.257 e. The molecule has 3 heteroatoms. The lowest BCUT2D eigenvalue weighted by Gasteiger charge is -2.08. The highest BCUT2D eigenvalue weighted by atomic mass is 16.2.